The summed E-state index contributed by atoms with van der Waals surface area (Å²) in [4.78, 5) is 15.8. The van der Waals surface area contributed by atoms with Crippen molar-refractivity contribution in [3.8, 4) is 0 Å². The summed E-state index contributed by atoms with van der Waals surface area (Å²) in [5.74, 6) is 0.254. The maximum Gasteiger partial charge on any atom is 0.416 e. The Morgan fingerprint density at radius 3 is 2.33 bits per heavy atom. The van der Waals surface area contributed by atoms with E-state index in [2.05, 4.69) is 10.3 Å². The normalized spacial score (nSPS) is 16.7. The third kappa shape index (κ3) is 4.18. The third-order valence-electron chi connectivity index (χ3n) is 4.65. The quantitative estimate of drug-likeness (QED) is 0.781. The molecule has 2 aromatic rings. The lowest BCUT2D eigenvalue weighted by Gasteiger charge is -2.27. The van der Waals surface area contributed by atoms with Crippen molar-refractivity contribution in [2.75, 3.05) is 5.75 Å². The van der Waals surface area contributed by atoms with Crippen LogP contribution in [0, 0.1) is 6.92 Å². The number of nitrogens with one attached hydrogen (secondary N) is 1. The molecule has 0 spiro atoms. The topological polar surface area (TPSA) is 41.5 Å². The molecule has 1 saturated heterocycles. The van der Waals surface area contributed by atoms with E-state index in [9.17, 15) is 18.0 Å². The molecule has 3 nitrogen and oxygen atoms in total. The first-order chi connectivity index (χ1) is 12.6. The van der Waals surface area contributed by atoms with E-state index in [1.165, 1.54) is 23.9 Å². The molecule has 1 fully saturated rings. The van der Waals surface area contributed by atoms with E-state index >= 15 is 0 Å². The molecule has 1 N–H and O–H groups in total. The van der Waals surface area contributed by atoms with Crippen molar-refractivity contribution in [1.29, 1.82) is 0 Å². The highest BCUT2D eigenvalue weighted by Crippen LogP contribution is 2.37. The molecule has 0 aromatic heterocycles. The van der Waals surface area contributed by atoms with Gasteiger partial charge < -0.3 is 5.32 Å². The van der Waals surface area contributed by atoms with Crippen molar-refractivity contribution in [1.82, 2.24) is 5.32 Å². The van der Waals surface area contributed by atoms with Crippen molar-refractivity contribution in [2.24, 2.45) is 4.99 Å². The summed E-state index contributed by atoms with van der Waals surface area (Å²) in [7, 11) is 0. The van der Waals surface area contributed by atoms with Crippen molar-refractivity contribution < 1.29 is 18.0 Å². The van der Waals surface area contributed by atoms with Gasteiger partial charge in [-0.05, 0) is 35.7 Å². The molecule has 0 saturated carbocycles. The number of thioether (sulfide) groups is 1. The highest BCUT2D eigenvalue weighted by molar-refractivity contribution is 8.15. The molecule has 0 bridgehead atoms. The maximum atomic E-state index is 13.1. The summed E-state index contributed by atoms with van der Waals surface area (Å²) in [6.07, 6.45) is -4.38. The van der Waals surface area contributed by atoms with Crippen LogP contribution in [0.2, 0.25) is 0 Å². The average molecular weight is 392 g/mol. The summed E-state index contributed by atoms with van der Waals surface area (Å²) in [6, 6.07) is 11.1. The largest absolute Gasteiger partial charge is 0.416 e. The Balaban J connectivity index is 2.00. The molecular weight excluding hydrogens is 373 g/mol. The van der Waals surface area contributed by atoms with Gasteiger partial charge in [-0.2, -0.15) is 13.2 Å². The lowest BCUT2D eigenvalue weighted by Crippen LogP contribution is -2.21. The van der Waals surface area contributed by atoms with Crippen molar-refractivity contribution in [3.63, 3.8) is 0 Å². The van der Waals surface area contributed by atoms with Gasteiger partial charge in [-0.3, -0.25) is 4.79 Å². The van der Waals surface area contributed by atoms with Crippen LogP contribution < -0.4 is 5.32 Å². The number of alkyl halides is 3. The zero-order valence-electron chi connectivity index (χ0n) is 15.1. The lowest BCUT2D eigenvalue weighted by atomic mass is 9.77. The zero-order valence-corrected chi connectivity index (χ0v) is 16.0. The molecule has 142 valence electrons. The molecule has 27 heavy (non-hydrogen) atoms. The van der Waals surface area contributed by atoms with Crippen LogP contribution in [-0.4, -0.2) is 16.8 Å². The number of benzene rings is 2. The van der Waals surface area contributed by atoms with Crippen molar-refractivity contribution >= 4 is 28.5 Å². The van der Waals surface area contributed by atoms with Crippen LogP contribution in [0.3, 0.4) is 0 Å². The first-order valence-electron chi connectivity index (χ1n) is 8.37. The van der Waals surface area contributed by atoms with Crippen molar-refractivity contribution in [2.45, 2.75) is 32.4 Å². The molecule has 0 aliphatic carbocycles. The first kappa shape index (κ1) is 19.5. The van der Waals surface area contributed by atoms with Crippen molar-refractivity contribution in [3.05, 3.63) is 64.7 Å². The van der Waals surface area contributed by atoms with Gasteiger partial charge in [0, 0.05) is 5.41 Å². The fourth-order valence-corrected chi connectivity index (χ4v) is 3.55. The Morgan fingerprint density at radius 2 is 1.70 bits per heavy atom. The van der Waals surface area contributed by atoms with Crippen LogP contribution in [-0.2, 0) is 16.4 Å². The van der Waals surface area contributed by atoms with E-state index in [0.717, 1.165) is 17.2 Å². The van der Waals surface area contributed by atoms with Gasteiger partial charge in [-0.1, -0.05) is 55.9 Å². The molecule has 0 unspecified atom stereocenters. The van der Waals surface area contributed by atoms with E-state index in [4.69, 9.17) is 0 Å². The molecular formula is C20H19F3N2OS. The molecule has 1 heterocycles. The van der Waals surface area contributed by atoms with Gasteiger partial charge in [0.25, 0.3) is 0 Å². The summed E-state index contributed by atoms with van der Waals surface area (Å²) >= 11 is 1.33. The monoisotopic (exact) mass is 392 g/mol. The van der Waals surface area contributed by atoms with E-state index in [0.29, 0.717) is 22.2 Å². The summed E-state index contributed by atoms with van der Waals surface area (Å²) < 4.78 is 39.2. The Kier molecular flexibility index (Phi) is 5.08. The SMILES string of the molecule is Cc1ccc(C(C)(C)c2cccc(C(F)(F)F)c2)cc1N=C1NC(=O)CS1. The van der Waals surface area contributed by atoms with E-state index in [1.54, 1.807) is 6.07 Å². The number of aryl methyl sites for hydroxylation is 1. The fourth-order valence-electron chi connectivity index (χ4n) is 2.86. The number of carbonyl (C=O) groups is 1. The predicted molar refractivity (Wildman–Crippen MR) is 102 cm³/mol. The fraction of sp³-hybridized carbons (Fsp3) is 0.300. The van der Waals surface area contributed by atoms with Crippen LogP contribution in [0.1, 0.15) is 36.1 Å². The minimum absolute atomic E-state index is 0.0862. The van der Waals surface area contributed by atoms with Gasteiger partial charge in [0.15, 0.2) is 5.17 Å². The number of halogens is 3. The summed E-state index contributed by atoms with van der Waals surface area (Å²) in [5, 5.41) is 3.23. The highest BCUT2D eigenvalue weighted by Gasteiger charge is 2.32. The number of nitrogens with zero attached hydrogens (tertiary/aromatic N) is 1. The van der Waals surface area contributed by atoms with Gasteiger partial charge in [-0.15, -0.1) is 0 Å². The van der Waals surface area contributed by atoms with Gasteiger partial charge >= 0.3 is 6.18 Å². The highest BCUT2D eigenvalue weighted by atomic mass is 32.2. The van der Waals surface area contributed by atoms with Gasteiger partial charge in [0.05, 0.1) is 17.0 Å². The first-order valence-corrected chi connectivity index (χ1v) is 9.36. The molecule has 0 atom stereocenters. The number of hydrogen-bond donors (Lipinski definition) is 1. The number of rotatable bonds is 3. The molecule has 2 aromatic carbocycles. The average Bonchev–Trinajstić information content (AvgIpc) is 3.01. The Labute approximate surface area is 160 Å². The van der Waals surface area contributed by atoms with E-state index in [1.807, 2.05) is 39.0 Å². The molecule has 3 rings (SSSR count). The number of carbonyl (C=O) groups excluding carboxylic acids is 1. The molecule has 1 amide bonds. The molecule has 1 aliphatic heterocycles. The number of amides is 1. The number of hydrogen-bond acceptors (Lipinski definition) is 3. The number of aliphatic imine (C=N–C) groups is 1. The van der Waals surface area contributed by atoms with Crippen LogP contribution in [0.25, 0.3) is 0 Å². The Hall–Kier alpha value is -2.28. The van der Waals surface area contributed by atoms with Gasteiger partial charge in [0.2, 0.25) is 5.91 Å². The zero-order chi connectivity index (χ0) is 19.8. The second kappa shape index (κ2) is 7.03. The second-order valence-electron chi connectivity index (χ2n) is 6.96. The van der Waals surface area contributed by atoms with Crippen LogP contribution in [0.4, 0.5) is 18.9 Å². The second-order valence-corrected chi connectivity index (χ2v) is 7.92. The minimum atomic E-state index is -4.38. The van der Waals surface area contributed by atoms with Crippen LogP contribution in [0.15, 0.2) is 47.5 Å². The smallest absolute Gasteiger partial charge is 0.304 e. The third-order valence-corrected chi connectivity index (χ3v) is 5.52. The number of amidine groups is 1. The predicted octanol–water partition coefficient (Wildman–Crippen LogP) is 5.19. The van der Waals surface area contributed by atoms with Crippen LogP contribution >= 0.6 is 11.8 Å². The Bertz CT molecular complexity index is 920. The summed E-state index contributed by atoms with van der Waals surface area (Å²) in [5.41, 5.74) is 1.73. The summed E-state index contributed by atoms with van der Waals surface area (Å²) in [6.45, 7) is 5.67. The standard InChI is InChI=1S/C20H19F3N2OS/c1-12-7-8-14(10-16(12)24-18-25-17(26)11-27-18)19(2,3)13-5-4-6-15(9-13)20(21,22)23/h4-10H,11H2,1-3H3,(H,24,25,26). The van der Waals surface area contributed by atoms with Gasteiger partial charge in [-0.25, -0.2) is 4.99 Å². The van der Waals surface area contributed by atoms with E-state index < -0.39 is 17.2 Å². The minimum Gasteiger partial charge on any atom is -0.304 e. The maximum absolute atomic E-state index is 13.1. The molecule has 1 aliphatic rings. The lowest BCUT2D eigenvalue weighted by molar-refractivity contribution is -0.137. The van der Waals surface area contributed by atoms with Crippen LogP contribution in [0.5, 0.6) is 0 Å². The molecule has 0 radical (unpaired) electrons. The Morgan fingerprint density at radius 1 is 1.04 bits per heavy atom. The molecule has 7 heteroatoms. The van der Waals surface area contributed by atoms with Gasteiger partial charge in [0.1, 0.15) is 0 Å². The van der Waals surface area contributed by atoms with E-state index in [-0.39, 0.29) is 5.91 Å².